The Kier molecular flexibility index (Phi) is 3.97. The van der Waals surface area contributed by atoms with E-state index < -0.39 is 17.8 Å². The van der Waals surface area contributed by atoms with Crippen molar-refractivity contribution in [2.45, 2.75) is 18.7 Å². The van der Waals surface area contributed by atoms with Crippen molar-refractivity contribution < 1.29 is 23.0 Å². The highest BCUT2D eigenvalue weighted by atomic mass is 19.4. The summed E-state index contributed by atoms with van der Waals surface area (Å²) in [5.74, 6) is -0.314. The molecule has 1 aromatic rings. The van der Waals surface area contributed by atoms with E-state index in [-0.39, 0.29) is 17.7 Å². The van der Waals surface area contributed by atoms with Crippen LogP contribution >= 0.6 is 0 Å². The van der Waals surface area contributed by atoms with Gasteiger partial charge >= 0.3 is 6.18 Å². The van der Waals surface area contributed by atoms with E-state index in [2.05, 4.69) is 4.74 Å². The van der Waals surface area contributed by atoms with Crippen molar-refractivity contribution in [1.82, 2.24) is 0 Å². The highest BCUT2D eigenvalue weighted by Crippen LogP contribution is 2.37. The number of alkyl halides is 3. The molecule has 1 unspecified atom stereocenters. The van der Waals surface area contributed by atoms with Crippen LogP contribution < -0.4 is 4.74 Å². The lowest BCUT2D eigenvalue weighted by molar-refractivity contribution is -0.138. The fourth-order valence-corrected chi connectivity index (χ4v) is 1.36. The topological polar surface area (TPSA) is 53.2 Å². The number of aliphatic hydroxyl groups is 1. The summed E-state index contributed by atoms with van der Waals surface area (Å²) in [6.45, 7) is 0. The third-order valence-electron chi connectivity index (χ3n) is 2.20. The molecule has 1 rings (SSSR count). The summed E-state index contributed by atoms with van der Waals surface area (Å²) in [7, 11) is 1.13. The van der Waals surface area contributed by atoms with Crippen LogP contribution in [0.15, 0.2) is 18.2 Å². The second kappa shape index (κ2) is 5.06. The van der Waals surface area contributed by atoms with Crippen molar-refractivity contribution in [3.63, 3.8) is 0 Å². The number of rotatable bonds is 3. The van der Waals surface area contributed by atoms with Crippen LogP contribution in [0, 0.1) is 11.3 Å². The van der Waals surface area contributed by atoms with E-state index in [1.165, 1.54) is 6.07 Å². The molecule has 0 fully saturated rings. The third kappa shape index (κ3) is 3.11. The first-order valence-corrected chi connectivity index (χ1v) is 4.70. The summed E-state index contributed by atoms with van der Waals surface area (Å²) in [5, 5.41) is 17.8. The molecule has 0 amide bonds. The molecule has 0 aliphatic rings. The maximum Gasteiger partial charge on any atom is 0.419 e. The molecule has 0 radical (unpaired) electrons. The van der Waals surface area contributed by atoms with Gasteiger partial charge in [0.15, 0.2) is 0 Å². The molecule has 6 heteroatoms. The number of benzene rings is 1. The maximum absolute atomic E-state index is 12.6. The van der Waals surface area contributed by atoms with E-state index >= 15 is 0 Å². The molecule has 0 aromatic heterocycles. The van der Waals surface area contributed by atoms with Crippen LogP contribution in [0.1, 0.15) is 23.7 Å². The predicted octanol–water partition coefficient (Wildman–Crippen LogP) is 2.66. The van der Waals surface area contributed by atoms with Crippen LogP contribution in [0.5, 0.6) is 5.75 Å². The Bertz CT molecular complexity index is 437. The molecule has 0 saturated carbocycles. The van der Waals surface area contributed by atoms with Gasteiger partial charge in [0, 0.05) is 0 Å². The molecule has 0 heterocycles. The van der Waals surface area contributed by atoms with Gasteiger partial charge in [0.05, 0.1) is 31.3 Å². The number of halogens is 3. The van der Waals surface area contributed by atoms with Gasteiger partial charge in [-0.3, -0.25) is 0 Å². The van der Waals surface area contributed by atoms with Crippen LogP contribution in [0.3, 0.4) is 0 Å². The van der Waals surface area contributed by atoms with E-state index in [1.807, 2.05) is 0 Å². The number of hydrogen-bond donors (Lipinski definition) is 1. The van der Waals surface area contributed by atoms with Gasteiger partial charge in [-0.2, -0.15) is 18.4 Å². The van der Waals surface area contributed by atoms with Gasteiger partial charge < -0.3 is 9.84 Å². The number of aliphatic hydroxyl groups excluding tert-OH is 1. The van der Waals surface area contributed by atoms with Crippen molar-refractivity contribution >= 4 is 0 Å². The van der Waals surface area contributed by atoms with Gasteiger partial charge in [-0.1, -0.05) is 6.07 Å². The van der Waals surface area contributed by atoms with Crippen LogP contribution in [0.4, 0.5) is 13.2 Å². The van der Waals surface area contributed by atoms with Gasteiger partial charge in [-0.15, -0.1) is 0 Å². The zero-order chi connectivity index (χ0) is 13.1. The fourth-order valence-electron chi connectivity index (χ4n) is 1.36. The largest absolute Gasteiger partial charge is 0.496 e. The number of nitriles is 1. The molecule has 17 heavy (non-hydrogen) atoms. The lowest BCUT2D eigenvalue weighted by Crippen LogP contribution is -2.09. The molecular formula is C11H10F3NO2. The zero-order valence-corrected chi connectivity index (χ0v) is 8.95. The molecule has 3 nitrogen and oxygen atoms in total. The summed E-state index contributed by atoms with van der Waals surface area (Å²) in [4.78, 5) is 0. The van der Waals surface area contributed by atoms with Crippen LogP contribution in [0.2, 0.25) is 0 Å². The van der Waals surface area contributed by atoms with Gasteiger partial charge in [0.1, 0.15) is 5.75 Å². The third-order valence-corrected chi connectivity index (χ3v) is 2.20. The Balaban J connectivity index is 3.19. The summed E-state index contributed by atoms with van der Waals surface area (Å²) < 4.78 is 42.5. The fraction of sp³-hybridized carbons (Fsp3) is 0.364. The highest BCUT2D eigenvalue weighted by molar-refractivity contribution is 5.40. The Morgan fingerprint density at radius 3 is 2.59 bits per heavy atom. The van der Waals surface area contributed by atoms with E-state index in [0.717, 1.165) is 19.2 Å². The molecule has 0 bridgehead atoms. The SMILES string of the molecule is COc1ccc(C(O)CC#N)cc1C(F)(F)F. The lowest BCUT2D eigenvalue weighted by atomic mass is 10.0. The summed E-state index contributed by atoms with van der Waals surface area (Å²) in [6.07, 6.45) is -6.05. The van der Waals surface area contributed by atoms with Crippen LogP contribution in [0.25, 0.3) is 0 Å². The minimum Gasteiger partial charge on any atom is -0.496 e. The first-order chi connectivity index (χ1) is 7.90. The van der Waals surface area contributed by atoms with Crippen LogP contribution in [-0.2, 0) is 6.18 Å². The monoisotopic (exact) mass is 245 g/mol. The van der Waals surface area contributed by atoms with E-state index in [9.17, 15) is 18.3 Å². The Morgan fingerprint density at radius 2 is 2.12 bits per heavy atom. The maximum atomic E-state index is 12.6. The van der Waals surface area contributed by atoms with Crippen molar-refractivity contribution in [3.8, 4) is 11.8 Å². The average Bonchev–Trinajstić information content (AvgIpc) is 2.27. The Hall–Kier alpha value is -1.74. The van der Waals surface area contributed by atoms with Gasteiger partial charge in [-0.05, 0) is 17.7 Å². The number of hydrogen-bond acceptors (Lipinski definition) is 3. The molecule has 0 saturated heterocycles. The summed E-state index contributed by atoms with van der Waals surface area (Å²) in [5.41, 5.74) is -0.922. The predicted molar refractivity (Wildman–Crippen MR) is 53.2 cm³/mol. The summed E-state index contributed by atoms with van der Waals surface area (Å²) in [6, 6.07) is 4.91. The molecule has 0 spiro atoms. The number of ether oxygens (including phenoxy) is 1. The molecule has 92 valence electrons. The molecular weight excluding hydrogens is 235 g/mol. The molecule has 0 aliphatic heterocycles. The smallest absolute Gasteiger partial charge is 0.419 e. The second-order valence-electron chi connectivity index (χ2n) is 3.34. The standard InChI is InChI=1S/C11H10F3NO2/c1-17-10-3-2-7(9(16)4-5-15)6-8(10)11(12,13)14/h2-3,6,9,16H,4H2,1H3. The van der Waals surface area contributed by atoms with Crippen molar-refractivity contribution in [2.24, 2.45) is 0 Å². The minimum atomic E-state index is -4.56. The van der Waals surface area contributed by atoms with E-state index in [0.29, 0.717) is 0 Å². The Morgan fingerprint density at radius 1 is 1.47 bits per heavy atom. The Labute approximate surface area is 96.1 Å². The first-order valence-electron chi connectivity index (χ1n) is 4.70. The van der Waals surface area contributed by atoms with E-state index in [4.69, 9.17) is 5.26 Å². The first kappa shape index (κ1) is 13.3. The van der Waals surface area contributed by atoms with Crippen molar-refractivity contribution in [3.05, 3.63) is 29.3 Å². The lowest BCUT2D eigenvalue weighted by Gasteiger charge is -2.15. The van der Waals surface area contributed by atoms with Gasteiger partial charge in [0.2, 0.25) is 0 Å². The molecule has 1 N–H and O–H groups in total. The molecule has 0 aliphatic carbocycles. The van der Waals surface area contributed by atoms with Gasteiger partial charge in [0.25, 0.3) is 0 Å². The quantitative estimate of drug-likeness (QED) is 0.890. The molecule has 1 atom stereocenters. The van der Waals surface area contributed by atoms with E-state index in [1.54, 1.807) is 6.07 Å². The average molecular weight is 245 g/mol. The second-order valence-corrected chi connectivity index (χ2v) is 3.34. The normalized spacial score (nSPS) is 12.9. The minimum absolute atomic E-state index is 0.0414. The molecule has 1 aromatic carbocycles. The van der Waals surface area contributed by atoms with Crippen LogP contribution in [-0.4, -0.2) is 12.2 Å². The number of methoxy groups -OCH3 is 1. The highest BCUT2D eigenvalue weighted by Gasteiger charge is 2.34. The van der Waals surface area contributed by atoms with Crippen molar-refractivity contribution in [2.75, 3.05) is 7.11 Å². The zero-order valence-electron chi connectivity index (χ0n) is 8.95. The number of nitrogens with zero attached hydrogens (tertiary/aromatic N) is 1. The van der Waals surface area contributed by atoms with Crippen molar-refractivity contribution in [1.29, 1.82) is 5.26 Å². The van der Waals surface area contributed by atoms with Gasteiger partial charge in [-0.25, -0.2) is 0 Å². The summed E-state index contributed by atoms with van der Waals surface area (Å²) >= 11 is 0.